The molecule has 0 amide bonds. The van der Waals surface area contributed by atoms with Crippen LogP contribution in [0.2, 0.25) is 10.0 Å². The quantitative estimate of drug-likeness (QED) is 0.535. The highest BCUT2D eigenvalue weighted by atomic mass is 35.5. The number of rotatable bonds is 5. The van der Waals surface area contributed by atoms with Crippen LogP contribution in [-0.4, -0.2) is 11.7 Å². The number of anilines is 2. The van der Waals surface area contributed by atoms with E-state index in [0.717, 1.165) is 11.4 Å². The number of halogens is 2. The Kier molecular flexibility index (Phi) is 6.12. The minimum absolute atomic E-state index is 0.412. The number of benzene rings is 2. The van der Waals surface area contributed by atoms with Gasteiger partial charge >= 0.3 is 0 Å². The number of hydrogen-bond acceptors (Lipinski definition) is 3. The van der Waals surface area contributed by atoms with Crippen molar-refractivity contribution in [2.75, 3.05) is 17.3 Å². The molecule has 116 valence electrons. The highest BCUT2D eigenvalue weighted by Crippen LogP contribution is 2.24. The van der Waals surface area contributed by atoms with Gasteiger partial charge in [0.1, 0.15) is 5.75 Å². The van der Waals surface area contributed by atoms with Crippen molar-refractivity contribution >= 4 is 51.9 Å². The van der Waals surface area contributed by atoms with Crippen LogP contribution in [0.5, 0.6) is 5.75 Å². The number of thiocarbonyl (C=S) groups is 1. The first-order valence-electron chi connectivity index (χ1n) is 6.59. The summed E-state index contributed by atoms with van der Waals surface area (Å²) < 4.78 is 5.38. The van der Waals surface area contributed by atoms with Gasteiger partial charge in [-0.2, -0.15) is 0 Å². The van der Waals surface area contributed by atoms with Crippen molar-refractivity contribution in [3.63, 3.8) is 0 Å². The minimum atomic E-state index is 0.412. The lowest BCUT2D eigenvalue weighted by Gasteiger charge is -2.14. The zero-order valence-electron chi connectivity index (χ0n) is 11.8. The van der Waals surface area contributed by atoms with E-state index in [4.69, 9.17) is 40.2 Å². The second-order valence-electron chi connectivity index (χ2n) is 4.29. The van der Waals surface area contributed by atoms with Crippen molar-refractivity contribution in [3.8, 4) is 5.75 Å². The third kappa shape index (κ3) is 4.94. The largest absolute Gasteiger partial charge is 0.494 e. The molecule has 7 heteroatoms. The molecule has 0 heterocycles. The van der Waals surface area contributed by atoms with Crippen LogP contribution in [0.1, 0.15) is 6.92 Å². The van der Waals surface area contributed by atoms with Crippen LogP contribution in [0.3, 0.4) is 0 Å². The molecule has 0 atom stereocenters. The van der Waals surface area contributed by atoms with Crippen molar-refractivity contribution in [2.45, 2.75) is 6.92 Å². The number of ether oxygens (including phenoxy) is 1. The maximum atomic E-state index is 6.06. The maximum absolute atomic E-state index is 6.06. The molecule has 3 N–H and O–H groups in total. The Bertz CT molecular complexity index is 650. The van der Waals surface area contributed by atoms with Gasteiger partial charge in [0.05, 0.1) is 17.3 Å². The lowest BCUT2D eigenvalue weighted by atomic mass is 10.3. The fraction of sp³-hybridized carbons (Fsp3) is 0.133. The highest BCUT2D eigenvalue weighted by molar-refractivity contribution is 7.80. The van der Waals surface area contributed by atoms with Gasteiger partial charge in [-0.3, -0.25) is 10.9 Å². The van der Waals surface area contributed by atoms with Gasteiger partial charge in [0.2, 0.25) is 0 Å². The molecular weight excluding hydrogens is 341 g/mol. The van der Waals surface area contributed by atoms with Gasteiger partial charge < -0.3 is 10.1 Å². The molecule has 0 aliphatic rings. The van der Waals surface area contributed by atoms with E-state index in [1.165, 1.54) is 0 Å². The minimum Gasteiger partial charge on any atom is -0.494 e. The predicted octanol–water partition coefficient (Wildman–Crippen LogP) is 4.71. The van der Waals surface area contributed by atoms with Gasteiger partial charge in [0.15, 0.2) is 5.11 Å². The highest BCUT2D eigenvalue weighted by Gasteiger charge is 2.02. The second-order valence-corrected chi connectivity index (χ2v) is 5.54. The van der Waals surface area contributed by atoms with Crippen LogP contribution >= 0.6 is 35.4 Å². The first-order chi connectivity index (χ1) is 10.6. The molecule has 0 aliphatic carbocycles. The van der Waals surface area contributed by atoms with Crippen LogP contribution < -0.4 is 20.9 Å². The summed E-state index contributed by atoms with van der Waals surface area (Å²) in [5, 5.41) is 4.54. The van der Waals surface area contributed by atoms with Crippen molar-refractivity contribution < 1.29 is 4.74 Å². The summed E-state index contributed by atoms with van der Waals surface area (Å²) >= 11 is 17.1. The summed E-state index contributed by atoms with van der Waals surface area (Å²) in [4.78, 5) is 0. The number of hydrazine groups is 1. The second kappa shape index (κ2) is 8.08. The van der Waals surface area contributed by atoms with E-state index >= 15 is 0 Å². The summed E-state index contributed by atoms with van der Waals surface area (Å²) in [5.74, 6) is 0.818. The van der Waals surface area contributed by atoms with Gasteiger partial charge in [0.25, 0.3) is 0 Å². The monoisotopic (exact) mass is 355 g/mol. The van der Waals surface area contributed by atoms with E-state index in [1.807, 2.05) is 31.2 Å². The zero-order chi connectivity index (χ0) is 15.9. The molecule has 2 aromatic carbocycles. The van der Waals surface area contributed by atoms with E-state index in [2.05, 4.69) is 16.2 Å². The van der Waals surface area contributed by atoms with Crippen LogP contribution in [-0.2, 0) is 0 Å². The average molecular weight is 356 g/mol. The van der Waals surface area contributed by atoms with Gasteiger partial charge in [0, 0.05) is 10.7 Å². The molecule has 0 fully saturated rings. The fourth-order valence-electron chi connectivity index (χ4n) is 1.68. The van der Waals surface area contributed by atoms with Gasteiger partial charge in [-0.25, -0.2) is 0 Å². The standard InChI is InChI=1S/C15H15Cl2N3OS/c1-2-21-12-6-4-11(5-7-12)18-15(22)20-19-14-8-3-10(16)9-13(14)17/h3-9,19H,2H2,1H3,(H2,18,20,22). The summed E-state index contributed by atoms with van der Waals surface area (Å²) in [6.07, 6.45) is 0. The summed E-state index contributed by atoms with van der Waals surface area (Å²) in [6.45, 7) is 2.58. The maximum Gasteiger partial charge on any atom is 0.189 e. The zero-order valence-corrected chi connectivity index (χ0v) is 14.1. The SMILES string of the molecule is CCOc1ccc(NC(=S)NNc2ccc(Cl)cc2Cl)cc1. The molecule has 0 bridgehead atoms. The van der Waals surface area contributed by atoms with Crippen LogP contribution in [0.4, 0.5) is 11.4 Å². The normalized spacial score (nSPS) is 9.95. The van der Waals surface area contributed by atoms with Crippen molar-refractivity contribution in [2.24, 2.45) is 0 Å². The third-order valence-electron chi connectivity index (χ3n) is 2.67. The van der Waals surface area contributed by atoms with Gasteiger partial charge in [-0.1, -0.05) is 23.2 Å². The molecule has 2 rings (SSSR count). The van der Waals surface area contributed by atoms with Gasteiger partial charge in [-0.15, -0.1) is 0 Å². The summed E-state index contributed by atoms with van der Waals surface area (Å²) in [7, 11) is 0. The van der Waals surface area contributed by atoms with E-state index in [0.29, 0.717) is 27.5 Å². The molecule has 2 aromatic rings. The lowest BCUT2D eigenvalue weighted by molar-refractivity contribution is 0.340. The molecule has 0 radical (unpaired) electrons. The van der Waals surface area contributed by atoms with E-state index in [-0.39, 0.29) is 0 Å². The van der Waals surface area contributed by atoms with Gasteiger partial charge in [-0.05, 0) is 61.6 Å². The lowest BCUT2D eigenvalue weighted by Crippen LogP contribution is -2.33. The van der Waals surface area contributed by atoms with Crippen LogP contribution in [0, 0.1) is 0 Å². The molecule has 0 aromatic heterocycles. The Labute approximate surface area is 144 Å². The Morgan fingerprint density at radius 2 is 1.86 bits per heavy atom. The Hall–Kier alpha value is -1.69. The summed E-state index contributed by atoms with van der Waals surface area (Å²) in [5.41, 5.74) is 7.32. The molecule has 0 spiro atoms. The van der Waals surface area contributed by atoms with E-state index < -0.39 is 0 Å². The number of hydrogen-bond donors (Lipinski definition) is 3. The van der Waals surface area contributed by atoms with Crippen LogP contribution in [0.25, 0.3) is 0 Å². The molecular formula is C15H15Cl2N3OS. The fourth-order valence-corrected chi connectivity index (χ4v) is 2.30. The molecule has 0 aliphatic heterocycles. The smallest absolute Gasteiger partial charge is 0.189 e. The van der Waals surface area contributed by atoms with E-state index in [1.54, 1.807) is 18.2 Å². The first kappa shape index (κ1) is 16.7. The predicted molar refractivity (Wildman–Crippen MR) is 97.1 cm³/mol. The average Bonchev–Trinajstić information content (AvgIpc) is 2.49. The third-order valence-corrected chi connectivity index (χ3v) is 3.42. The molecule has 0 saturated heterocycles. The van der Waals surface area contributed by atoms with E-state index in [9.17, 15) is 0 Å². The topological polar surface area (TPSA) is 45.3 Å². The van der Waals surface area contributed by atoms with Crippen molar-refractivity contribution in [1.82, 2.24) is 5.43 Å². The Morgan fingerprint density at radius 1 is 1.14 bits per heavy atom. The molecule has 0 saturated carbocycles. The number of nitrogens with one attached hydrogen (secondary N) is 3. The van der Waals surface area contributed by atoms with Crippen molar-refractivity contribution in [1.29, 1.82) is 0 Å². The Balaban J connectivity index is 1.87. The molecule has 0 unspecified atom stereocenters. The molecule has 22 heavy (non-hydrogen) atoms. The van der Waals surface area contributed by atoms with Crippen molar-refractivity contribution in [3.05, 3.63) is 52.5 Å². The first-order valence-corrected chi connectivity index (χ1v) is 7.76. The molecule has 4 nitrogen and oxygen atoms in total. The summed E-state index contributed by atoms with van der Waals surface area (Å²) in [6, 6.07) is 12.7. The van der Waals surface area contributed by atoms with Crippen LogP contribution in [0.15, 0.2) is 42.5 Å². The Morgan fingerprint density at radius 3 is 2.50 bits per heavy atom.